The van der Waals surface area contributed by atoms with E-state index in [0.29, 0.717) is 10.0 Å². The van der Waals surface area contributed by atoms with Crippen LogP contribution in [0.1, 0.15) is 29.9 Å². The second-order valence-electron chi connectivity index (χ2n) is 4.59. The molecule has 1 rings (SSSR count). The molecule has 1 unspecified atom stereocenters. The highest BCUT2D eigenvalue weighted by molar-refractivity contribution is 7.18. The monoisotopic (exact) mass is 299 g/mol. The number of carbonyl (C=O) groups excluding carboxylic acids is 2. The predicted octanol–water partition coefficient (Wildman–Crippen LogP) is 0.754. The zero-order chi connectivity index (χ0) is 15.3. The van der Waals surface area contributed by atoms with Crippen molar-refractivity contribution < 1.29 is 9.59 Å². The van der Waals surface area contributed by atoms with Crippen molar-refractivity contribution in [2.24, 2.45) is 0 Å². The quantitative estimate of drug-likeness (QED) is 0.720. The number of anilines is 2. The summed E-state index contributed by atoms with van der Waals surface area (Å²) in [4.78, 5) is 29.6. The third kappa shape index (κ3) is 4.09. The lowest BCUT2D eigenvalue weighted by molar-refractivity contribution is -0.130. The van der Waals surface area contributed by atoms with Gasteiger partial charge in [-0.3, -0.25) is 9.59 Å². The molecule has 0 aromatic carbocycles. The number of aromatic nitrogens is 1. The average Bonchev–Trinajstić information content (AvgIpc) is 2.76. The molecule has 4 N–H and O–H groups in total. The van der Waals surface area contributed by atoms with Crippen LogP contribution in [0.3, 0.4) is 0 Å². The Labute approximate surface area is 122 Å². The summed E-state index contributed by atoms with van der Waals surface area (Å²) in [5, 5.41) is 6.31. The van der Waals surface area contributed by atoms with Gasteiger partial charge >= 0.3 is 0 Å². The first-order valence-electron chi connectivity index (χ1n) is 6.39. The number of thiazole rings is 1. The summed E-state index contributed by atoms with van der Waals surface area (Å²) in [6.45, 7) is 4.43. The minimum absolute atomic E-state index is 0.175. The van der Waals surface area contributed by atoms with Crippen molar-refractivity contribution in [3.05, 3.63) is 4.88 Å². The van der Waals surface area contributed by atoms with Crippen molar-refractivity contribution in [1.82, 2.24) is 15.2 Å². The Morgan fingerprint density at radius 2 is 2.10 bits per heavy atom. The number of nitrogens with one attached hydrogen (secondary N) is 2. The van der Waals surface area contributed by atoms with Crippen LogP contribution in [0.2, 0.25) is 0 Å². The molecule has 0 fully saturated rings. The van der Waals surface area contributed by atoms with E-state index in [9.17, 15) is 9.59 Å². The molecule has 0 bridgehead atoms. The lowest BCUT2D eigenvalue weighted by Crippen LogP contribution is -2.44. The van der Waals surface area contributed by atoms with E-state index in [1.165, 1.54) is 16.2 Å². The number of carbonyl (C=O) groups is 2. The number of amides is 2. The number of hydrogen-bond acceptors (Lipinski definition) is 6. The van der Waals surface area contributed by atoms with Crippen LogP contribution in [0.4, 0.5) is 10.9 Å². The molecule has 1 aromatic rings. The summed E-state index contributed by atoms with van der Waals surface area (Å²) in [7, 11) is 3.28. The van der Waals surface area contributed by atoms with Gasteiger partial charge in [-0.1, -0.05) is 18.3 Å². The van der Waals surface area contributed by atoms with E-state index in [1.807, 2.05) is 6.92 Å². The summed E-state index contributed by atoms with van der Waals surface area (Å²) < 4.78 is 0. The van der Waals surface area contributed by atoms with E-state index < -0.39 is 6.04 Å². The lowest BCUT2D eigenvalue weighted by Gasteiger charge is -2.17. The molecule has 7 nitrogen and oxygen atoms in total. The SMILES string of the molecule is CCCNc1nc(N)c(C(=O)NC(C)C(=O)N(C)C)s1. The molecule has 112 valence electrons. The first-order valence-corrected chi connectivity index (χ1v) is 7.20. The van der Waals surface area contributed by atoms with Gasteiger partial charge in [0.15, 0.2) is 5.13 Å². The molecule has 0 saturated heterocycles. The molecule has 2 amide bonds. The molecule has 0 aliphatic rings. The maximum atomic E-state index is 12.1. The molecule has 0 spiro atoms. The minimum Gasteiger partial charge on any atom is -0.382 e. The number of likely N-dealkylation sites (N-methyl/N-ethyl adjacent to an activating group) is 1. The number of nitrogen functional groups attached to an aromatic ring is 1. The van der Waals surface area contributed by atoms with Crippen LogP contribution in [0.5, 0.6) is 0 Å². The number of nitrogens with zero attached hydrogens (tertiary/aromatic N) is 2. The second-order valence-corrected chi connectivity index (χ2v) is 5.59. The van der Waals surface area contributed by atoms with Gasteiger partial charge in [-0.2, -0.15) is 0 Å². The van der Waals surface area contributed by atoms with Crippen LogP contribution in [0, 0.1) is 0 Å². The van der Waals surface area contributed by atoms with Gasteiger partial charge in [0.25, 0.3) is 5.91 Å². The van der Waals surface area contributed by atoms with Gasteiger partial charge in [0.05, 0.1) is 0 Å². The van der Waals surface area contributed by atoms with Crippen LogP contribution < -0.4 is 16.4 Å². The Bertz CT molecular complexity index is 486. The van der Waals surface area contributed by atoms with Crippen molar-refractivity contribution in [2.45, 2.75) is 26.3 Å². The molecule has 1 atom stereocenters. The molecule has 0 saturated carbocycles. The third-order valence-corrected chi connectivity index (χ3v) is 3.57. The number of nitrogens with two attached hydrogens (primary N) is 1. The van der Waals surface area contributed by atoms with E-state index in [1.54, 1.807) is 21.0 Å². The Kier molecular flexibility index (Phi) is 5.75. The highest BCUT2D eigenvalue weighted by atomic mass is 32.1. The fourth-order valence-electron chi connectivity index (χ4n) is 1.51. The maximum Gasteiger partial charge on any atom is 0.265 e. The van der Waals surface area contributed by atoms with Gasteiger partial charge < -0.3 is 21.3 Å². The molecule has 20 heavy (non-hydrogen) atoms. The normalized spacial score (nSPS) is 11.8. The second kappa shape index (κ2) is 7.09. The molecule has 0 radical (unpaired) electrons. The summed E-state index contributed by atoms with van der Waals surface area (Å²) in [5.74, 6) is -0.381. The van der Waals surface area contributed by atoms with Gasteiger partial charge in [0.2, 0.25) is 5.91 Å². The molecule has 1 aromatic heterocycles. The Morgan fingerprint density at radius 1 is 1.45 bits per heavy atom. The van der Waals surface area contributed by atoms with Crippen molar-refractivity contribution in [1.29, 1.82) is 0 Å². The molecule has 1 heterocycles. The first kappa shape index (κ1) is 16.2. The molecular weight excluding hydrogens is 278 g/mol. The maximum absolute atomic E-state index is 12.1. The van der Waals surface area contributed by atoms with E-state index in [2.05, 4.69) is 15.6 Å². The van der Waals surface area contributed by atoms with Crippen molar-refractivity contribution >= 4 is 34.1 Å². The smallest absolute Gasteiger partial charge is 0.265 e. The Hall–Kier alpha value is -1.83. The van der Waals surface area contributed by atoms with Crippen LogP contribution in [0.25, 0.3) is 0 Å². The third-order valence-electron chi connectivity index (χ3n) is 2.54. The van der Waals surface area contributed by atoms with Gasteiger partial charge in [-0.15, -0.1) is 0 Å². The standard InChI is InChI=1S/C12H21N5O2S/c1-5-6-14-12-16-9(13)8(20-12)10(18)15-7(2)11(19)17(3)4/h7H,5-6,13H2,1-4H3,(H,14,16)(H,15,18). The first-order chi connectivity index (χ1) is 9.36. The van der Waals surface area contributed by atoms with Crippen molar-refractivity contribution in [3.8, 4) is 0 Å². The van der Waals surface area contributed by atoms with Crippen molar-refractivity contribution in [3.63, 3.8) is 0 Å². The van der Waals surface area contributed by atoms with Crippen LogP contribution in [-0.4, -0.2) is 48.4 Å². The molecule has 8 heteroatoms. The van der Waals surface area contributed by atoms with Crippen molar-refractivity contribution in [2.75, 3.05) is 31.7 Å². The Balaban J connectivity index is 2.72. The van der Waals surface area contributed by atoms with Crippen LogP contribution in [-0.2, 0) is 4.79 Å². The summed E-state index contributed by atoms with van der Waals surface area (Å²) in [5.41, 5.74) is 5.73. The van der Waals surface area contributed by atoms with Gasteiger partial charge in [-0.05, 0) is 13.3 Å². The molecular formula is C12H21N5O2S. The Morgan fingerprint density at radius 3 is 2.65 bits per heavy atom. The van der Waals surface area contributed by atoms with E-state index in [0.717, 1.165) is 13.0 Å². The minimum atomic E-state index is -0.606. The van der Waals surface area contributed by atoms with Crippen LogP contribution in [0.15, 0.2) is 0 Å². The van der Waals surface area contributed by atoms with E-state index in [4.69, 9.17) is 5.73 Å². The number of rotatable bonds is 6. The van der Waals surface area contributed by atoms with Gasteiger partial charge in [0.1, 0.15) is 16.7 Å². The predicted molar refractivity (Wildman–Crippen MR) is 80.9 cm³/mol. The topological polar surface area (TPSA) is 100 Å². The largest absolute Gasteiger partial charge is 0.382 e. The fourth-order valence-corrected chi connectivity index (χ4v) is 2.33. The lowest BCUT2D eigenvalue weighted by atomic mass is 10.3. The summed E-state index contributed by atoms with van der Waals surface area (Å²) in [6.07, 6.45) is 0.954. The molecule has 0 aliphatic carbocycles. The highest BCUT2D eigenvalue weighted by Gasteiger charge is 2.21. The van der Waals surface area contributed by atoms with Gasteiger partial charge in [0, 0.05) is 20.6 Å². The zero-order valence-electron chi connectivity index (χ0n) is 12.2. The fraction of sp³-hybridized carbons (Fsp3) is 0.583. The zero-order valence-corrected chi connectivity index (χ0v) is 13.0. The highest BCUT2D eigenvalue weighted by Crippen LogP contribution is 2.24. The van der Waals surface area contributed by atoms with Gasteiger partial charge in [-0.25, -0.2) is 4.98 Å². The molecule has 0 aliphatic heterocycles. The average molecular weight is 299 g/mol. The van der Waals surface area contributed by atoms with E-state index in [-0.39, 0.29) is 17.6 Å². The summed E-state index contributed by atoms with van der Waals surface area (Å²) in [6, 6.07) is -0.606. The number of hydrogen-bond donors (Lipinski definition) is 3. The summed E-state index contributed by atoms with van der Waals surface area (Å²) >= 11 is 1.19. The van der Waals surface area contributed by atoms with Crippen LogP contribution >= 0.6 is 11.3 Å². The van der Waals surface area contributed by atoms with E-state index >= 15 is 0 Å².